The van der Waals surface area contributed by atoms with Gasteiger partial charge >= 0.3 is 0 Å². The zero-order valence-electron chi connectivity index (χ0n) is 10.5. The second-order valence-electron chi connectivity index (χ2n) is 4.60. The van der Waals surface area contributed by atoms with Gasteiger partial charge in [-0.3, -0.25) is 0 Å². The lowest BCUT2D eigenvalue weighted by Crippen LogP contribution is -2.33. The zero-order valence-corrected chi connectivity index (χ0v) is 13.7. The Balaban J connectivity index is 1.98. The summed E-state index contributed by atoms with van der Waals surface area (Å²) in [5.41, 5.74) is 1.54. The van der Waals surface area contributed by atoms with Gasteiger partial charge in [-0.2, -0.15) is 11.8 Å². The maximum absolute atomic E-state index is 3.79. The number of thiophene rings is 1. The van der Waals surface area contributed by atoms with E-state index in [-0.39, 0.29) is 0 Å². The first-order chi connectivity index (χ1) is 8.20. The largest absolute Gasteiger partial charge is 0.307 e. The van der Waals surface area contributed by atoms with Crippen molar-refractivity contribution in [3.05, 3.63) is 20.3 Å². The van der Waals surface area contributed by atoms with Crippen LogP contribution in [0.15, 0.2) is 9.85 Å². The quantitative estimate of drug-likeness (QED) is 0.843. The summed E-state index contributed by atoms with van der Waals surface area (Å²) >= 11 is 7.55. The Bertz CT molecular complexity index is 364. The molecule has 2 rings (SSSR count). The molecule has 2 unspecified atom stereocenters. The standard InChI is InChI=1S/C13H20BrNS2/c1-3-16-8-9(2)15-11-5-4-6-12-10(11)7-13(14)17-12/h7,9,11,15H,3-6,8H2,1-2H3. The molecular weight excluding hydrogens is 314 g/mol. The summed E-state index contributed by atoms with van der Waals surface area (Å²) in [6.45, 7) is 4.53. The smallest absolute Gasteiger partial charge is 0.0704 e. The van der Waals surface area contributed by atoms with Gasteiger partial charge < -0.3 is 5.32 Å². The third kappa shape index (κ3) is 3.72. The Morgan fingerprint density at radius 2 is 2.47 bits per heavy atom. The first-order valence-electron chi connectivity index (χ1n) is 6.32. The monoisotopic (exact) mass is 333 g/mol. The van der Waals surface area contributed by atoms with Gasteiger partial charge in [0.2, 0.25) is 0 Å². The molecular formula is C13H20BrNS2. The van der Waals surface area contributed by atoms with Gasteiger partial charge in [-0.1, -0.05) is 6.92 Å². The van der Waals surface area contributed by atoms with Crippen LogP contribution in [0.4, 0.5) is 0 Å². The van der Waals surface area contributed by atoms with Crippen LogP contribution in [0.3, 0.4) is 0 Å². The van der Waals surface area contributed by atoms with E-state index in [0.717, 1.165) is 0 Å². The van der Waals surface area contributed by atoms with Crippen molar-refractivity contribution in [2.75, 3.05) is 11.5 Å². The Morgan fingerprint density at radius 3 is 3.24 bits per heavy atom. The van der Waals surface area contributed by atoms with Gasteiger partial charge in [-0.25, -0.2) is 0 Å². The van der Waals surface area contributed by atoms with Crippen molar-refractivity contribution in [2.24, 2.45) is 0 Å². The van der Waals surface area contributed by atoms with E-state index in [1.165, 1.54) is 34.6 Å². The average Bonchev–Trinajstić information content (AvgIpc) is 2.68. The fourth-order valence-electron chi connectivity index (χ4n) is 2.38. The van der Waals surface area contributed by atoms with Crippen LogP contribution in [0.1, 0.15) is 43.2 Å². The van der Waals surface area contributed by atoms with E-state index < -0.39 is 0 Å². The number of rotatable bonds is 5. The lowest BCUT2D eigenvalue weighted by molar-refractivity contribution is 0.429. The molecule has 1 aliphatic rings. The number of nitrogens with one attached hydrogen (secondary N) is 1. The van der Waals surface area contributed by atoms with Crippen molar-refractivity contribution in [3.63, 3.8) is 0 Å². The van der Waals surface area contributed by atoms with Gasteiger partial charge in [-0.15, -0.1) is 11.3 Å². The van der Waals surface area contributed by atoms with E-state index in [2.05, 4.69) is 41.2 Å². The van der Waals surface area contributed by atoms with E-state index in [1.807, 2.05) is 23.1 Å². The van der Waals surface area contributed by atoms with Gasteiger partial charge in [0.05, 0.1) is 3.79 Å². The lowest BCUT2D eigenvalue weighted by atomic mass is 9.93. The summed E-state index contributed by atoms with van der Waals surface area (Å²) in [6, 6.07) is 3.50. The number of thioether (sulfide) groups is 1. The molecule has 2 atom stereocenters. The third-order valence-electron chi connectivity index (χ3n) is 3.14. The molecule has 0 radical (unpaired) electrons. The molecule has 1 N–H and O–H groups in total. The molecule has 96 valence electrons. The third-order valence-corrected chi connectivity index (χ3v) is 6.00. The van der Waals surface area contributed by atoms with Crippen LogP contribution in [0.2, 0.25) is 0 Å². The molecule has 1 nitrogen and oxygen atoms in total. The molecule has 0 amide bonds. The van der Waals surface area contributed by atoms with E-state index in [9.17, 15) is 0 Å². The van der Waals surface area contributed by atoms with Crippen LogP contribution in [0.25, 0.3) is 0 Å². The minimum atomic E-state index is 0.578. The molecule has 0 saturated carbocycles. The number of fused-ring (bicyclic) bond motifs is 1. The van der Waals surface area contributed by atoms with Crippen molar-refractivity contribution in [1.82, 2.24) is 5.32 Å². The second-order valence-corrected chi connectivity index (χ2v) is 8.44. The normalized spacial score (nSPS) is 21.2. The van der Waals surface area contributed by atoms with E-state index in [1.54, 1.807) is 10.4 Å². The topological polar surface area (TPSA) is 12.0 Å². The highest BCUT2D eigenvalue weighted by Gasteiger charge is 2.23. The van der Waals surface area contributed by atoms with Crippen molar-refractivity contribution in [2.45, 2.75) is 45.2 Å². The molecule has 0 aliphatic heterocycles. The molecule has 17 heavy (non-hydrogen) atoms. The zero-order chi connectivity index (χ0) is 12.3. The summed E-state index contributed by atoms with van der Waals surface area (Å²) in [6.07, 6.45) is 3.88. The molecule has 1 aromatic rings. The van der Waals surface area contributed by atoms with Gasteiger partial charge in [0.15, 0.2) is 0 Å². The minimum Gasteiger partial charge on any atom is -0.307 e. The van der Waals surface area contributed by atoms with Crippen LogP contribution in [-0.2, 0) is 6.42 Å². The van der Waals surface area contributed by atoms with Crippen LogP contribution in [0.5, 0.6) is 0 Å². The molecule has 4 heteroatoms. The number of aryl methyl sites for hydroxylation is 1. The summed E-state index contributed by atoms with van der Waals surface area (Å²) in [7, 11) is 0. The molecule has 0 fully saturated rings. The Hall–Kier alpha value is 0.490. The fourth-order valence-corrected chi connectivity index (χ4v) is 4.89. The predicted octanol–water partition coefficient (Wildman–Crippen LogP) is 4.62. The highest BCUT2D eigenvalue weighted by Crippen LogP contribution is 2.38. The molecule has 0 spiro atoms. The van der Waals surface area contributed by atoms with Crippen LogP contribution < -0.4 is 5.32 Å². The molecule has 1 aliphatic carbocycles. The van der Waals surface area contributed by atoms with Crippen molar-refractivity contribution < 1.29 is 0 Å². The van der Waals surface area contributed by atoms with E-state index in [4.69, 9.17) is 0 Å². The van der Waals surface area contributed by atoms with Gasteiger partial charge in [0, 0.05) is 22.7 Å². The highest BCUT2D eigenvalue weighted by molar-refractivity contribution is 9.11. The Morgan fingerprint density at radius 1 is 1.65 bits per heavy atom. The number of hydrogen-bond acceptors (Lipinski definition) is 3. The SMILES string of the molecule is CCSCC(C)NC1CCCc2sc(Br)cc21. The summed E-state index contributed by atoms with van der Waals surface area (Å²) in [5.74, 6) is 2.43. The van der Waals surface area contributed by atoms with Crippen LogP contribution in [-0.4, -0.2) is 17.5 Å². The summed E-state index contributed by atoms with van der Waals surface area (Å²) in [4.78, 5) is 1.58. The Labute approximate surface area is 121 Å². The average molecular weight is 334 g/mol. The highest BCUT2D eigenvalue weighted by atomic mass is 79.9. The number of hydrogen-bond donors (Lipinski definition) is 1. The van der Waals surface area contributed by atoms with E-state index in [0.29, 0.717) is 12.1 Å². The van der Waals surface area contributed by atoms with E-state index >= 15 is 0 Å². The minimum absolute atomic E-state index is 0.578. The van der Waals surface area contributed by atoms with Crippen molar-refractivity contribution in [3.8, 4) is 0 Å². The molecule has 0 bridgehead atoms. The molecule has 1 aromatic heterocycles. The number of halogens is 1. The van der Waals surface area contributed by atoms with Crippen molar-refractivity contribution in [1.29, 1.82) is 0 Å². The first-order valence-corrected chi connectivity index (χ1v) is 9.09. The predicted molar refractivity (Wildman–Crippen MR) is 83.3 cm³/mol. The molecule has 0 saturated heterocycles. The summed E-state index contributed by atoms with van der Waals surface area (Å²) in [5, 5.41) is 3.79. The first kappa shape index (κ1) is 13.9. The lowest BCUT2D eigenvalue weighted by Gasteiger charge is -2.27. The second kappa shape index (κ2) is 6.60. The molecule has 1 heterocycles. The maximum atomic E-state index is 3.79. The van der Waals surface area contributed by atoms with Crippen LogP contribution in [0, 0.1) is 0 Å². The maximum Gasteiger partial charge on any atom is 0.0704 e. The fraction of sp³-hybridized carbons (Fsp3) is 0.692. The Kier molecular flexibility index (Phi) is 5.40. The van der Waals surface area contributed by atoms with Crippen molar-refractivity contribution >= 4 is 39.0 Å². The van der Waals surface area contributed by atoms with Gasteiger partial charge in [0.25, 0.3) is 0 Å². The van der Waals surface area contributed by atoms with Crippen LogP contribution >= 0.6 is 39.0 Å². The van der Waals surface area contributed by atoms with Gasteiger partial charge in [0.1, 0.15) is 0 Å². The molecule has 0 aromatic carbocycles. The summed E-state index contributed by atoms with van der Waals surface area (Å²) < 4.78 is 1.28. The van der Waals surface area contributed by atoms with Gasteiger partial charge in [-0.05, 0) is 59.5 Å².